The number of cyclic esters (lactones) is 1. The minimum atomic E-state index is -1.13. The second-order valence-corrected chi connectivity index (χ2v) is 7.27. The molecule has 1 aliphatic rings. The number of nitrogens with zero attached hydrogens (tertiary/aromatic N) is 1. The molecule has 0 aromatic heterocycles. The van der Waals surface area contributed by atoms with E-state index in [1.54, 1.807) is 12.1 Å². The fourth-order valence-corrected chi connectivity index (χ4v) is 3.91. The first-order valence-corrected chi connectivity index (χ1v) is 8.97. The largest absolute Gasteiger partial charge is 0.495 e. The van der Waals surface area contributed by atoms with Gasteiger partial charge in [-0.2, -0.15) is 0 Å². The van der Waals surface area contributed by atoms with Crippen LogP contribution in [0.3, 0.4) is 0 Å². The van der Waals surface area contributed by atoms with Crippen molar-refractivity contribution in [2.24, 2.45) is 4.99 Å². The van der Waals surface area contributed by atoms with E-state index in [1.165, 1.54) is 13.2 Å². The summed E-state index contributed by atoms with van der Waals surface area (Å²) in [5.74, 6) is -2.71. The van der Waals surface area contributed by atoms with Crippen LogP contribution in [-0.4, -0.2) is 19.0 Å². The summed E-state index contributed by atoms with van der Waals surface area (Å²) in [5, 5.41) is -0.125. The number of carbonyl (C=O) groups excluding carboxylic acids is 1. The number of esters is 1. The highest BCUT2D eigenvalue weighted by molar-refractivity contribution is 9.11. The van der Waals surface area contributed by atoms with Crippen LogP contribution in [0.5, 0.6) is 5.75 Å². The maximum absolute atomic E-state index is 13.5. The topological polar surface area (TPSA) is 47.9 Å². The Bertz CT molecular complexity index is 992. The SMILES string of the molecule is COc1c(Br)cc(Br)cc1/C=C1\N=C(c2cc(F)c(F)cc2Cl)OC1=O. The van der Waals surface area contributed by atoms with Crippen molar-refractivity contribution in [2.45, 2.75) is 0 Å². The number of carbonyl (C=O) groups is 1. The number of benzene rings is 2. The Labute approximate surface area is 168 Å². The van der Waals surface area contributed by atoms with Crippen LogP contribution in [0, 0.1) is 11.6 Å². The van der Waals surface area contributed by atoms with Crippen molar-refractivity contribution in [1.82, 2.24) is 0 Å². The van der Waals surface area contributed by atoms with Gasteiger partial charge in [-0.1, -0.05) is 27.5 Å². The summed E-state index contributed by atoms with van der Waals surface area (Å²) < 4.78 is 38.4. The van der Waals surface area contributed by atoms with Crippen LogP contribution in [-0.2, 0) is 9.53 Å². The molecule has 1 heterocycles. The normalized spacial score (nSPS) is 15.2. The van der Waals surface area contributed by atoms with Crippen molar-refractivity contribution < 1.29 is 23.0 Å². The van der Waals surface area contributed by atoms with E-state index in [4.69, 9.17) is 21.1 Å². The summed E-state index contributed by atoms with van der Waals surface area (Å²) in [7, 11) is 1.48. The first-order valence-electron chi connectivity index (χ1n) is 7.00. The number of hydrogen-bond acceptors (Lipinski definition) is 4. The van der Waals surface area contributed by atoms with Crippen LogP contribution in [0.2, 0.25) is 5.02 Å². The molecule has 0 atom stereocenters. The van der Waals surface area contributed by atoms with E-state index in [2.05, 4.69) is 36.9 Å². The van der Waals surface area contributed by atoms with Crippen molar-refractivity contribution in [3.8, 4) is 5.75 Å². The number of methoxy groups -OCH3 is 1. The van der Waals surface area contributed by atoms with Crippen LogP contribution in [0.1, 0.15) is 11.1 Å². The van der Waals surface area contributed by atoms with Gasteiger partial charge >= 0.3 is 5.97 Å². The molecule has 0 aliphatic carbocycles. The van der Waals surface area contributed by atoms with E-state index < -0.39 is 17.6 Å². The molecule has 0 amide bonds. The average molecular weight is 508 g/mol. The Morgan fingerprint density at radius 1 is 1.19 bits per heavy atom. The molecule has 0 saturated heterocycles. The van der Waals surface area contributed by atoms with Gasteiger partial charge in [-0.25, -0.2) is 18.6 Å². The molecule has 4 nitrogen and oxygen atoms in total. The standard InChI is InChI=1S/C17H8Br2ClF2NO3/c1-25-15-7(2-8(18)4-10(15)19)3-14-17(24)26-16(23-14)9-5-12(21)13(22)6-11(9)20/h2-6H,1H3/b14-3-. The Balaban J connectivity index is 2.07. The molecule has 0 spiro atoms. The van der Waals surface area contributed by atoms with Crippen molar-refractivity contribution in [1.29, 1.82) is 0 Å². The molecular formula is C17H8Br2ClF2NO3. The lowest BCUT2D eigenvalue weighted by Gasteiger charge is -2.08. The fraction of sp³-hybridized carbons (Fsp3) is 0.0588. The fourth-order valence-electron chi connectivity index (χ4n) is 2.26. The van der Waals surface area contributed by atoms with Crippen molar-refractivity contribution >= 4 is 61.4 Å². The summed E-state index contributed by atoms with van der Waals surface area (Å²) in [4.78, 5) is 16.2. The minimum Gasteiger partial charge on any atom is -0.495 e. The predicted octanol–water partition coefficient (Wildman–Crippen LogP) is 5.50. The quantitative estimate of drug-likeness (QED) is 0.313. The third kappa shape index (κ3) is 3.67. The van der Waals surface area contributed by atoms with Crippen LogP contribution in [0.15, 0.2) is 43.9 Å². The summed E-state index contributed by atoms with van der Waals surface area (Å²) in [6.45, 7) is 0. The molecule has 9 heteroatoms. The number of aliphatic imine (C=N–C) groups is 1. The maximum atomic E-state index is 13.5. The van der Waals surface area contributed by atoms with Gasteiger partial charge in [0.15, 0.2) is 17.3 Å². The molecule has 0 saturated carbocycles. The van der Waals surface area contributed by atoms with E-state index in [9.17, 15) is 13.6 Å². The lowest BCUT2D eigenvalue weighted by atomic mass is 10.1. The number of rotatable bonds is 3. The summed E-state index contributed by atoms with van der Waals surface area (Å²) in [5.41, 5.74) is 0.496. The zero-order chi connectivity index (χ0) is 19.0. The molecule has 0 bridgehead atoms. The number of ether oxygens (including phenoxy) is 2. The van der Waals surface area contributed by atoms with Gasteiger partial charge in [0.05, 0.1) is 22.2 Å². The second kappa shape index (κ2) is 7.46. The van der Waals surface area contributed by atoms with E-state index in [0.29, 0.717) is 15.8 Å². The number of hydrogen-bond donors (Lipinski definition) is 0. The van der Waals surface area contributed by atoms with Gasteiger partial charge in [0.2, 0.25) is 5.90 Å². The molecule has 0 unspecified atom stereocenters. The van der Waals surface area contributed by atoms with Crippen molar-refractivity contribution in [3.63, 3.8) is 0 Å². The summed E-state index contributed by atoms with van der Waals surface area (Å²) >= 11 is 12.6. The zero-order valence-corrected chi connectivity index (χ0v) is 16.9. The molecule has 0 N–H and O–H groups in total. The summed E-state index contributed by atoms with van der Waals surface area (Å²) in [6, 6.07) is 5.12. The van der Waals surface area contributed by atoms with Gasteiger partial charge in [0.25, 0.3) is 0 Å². The highest BCUT2D eigenvalue weighted by Crippen LogP contribution is 2.35. The highest BCUT2D eigenvalue weighted by atomic mass is 79.9. The lowest BCUT2D eigenvalue weighted by molar-refractivity contribution is -0.129. The van der Waals surface area contributed by atoms with E-state index in [1.807, 2.05) is 0 Å². The third-order valence-electron chi connectivity index (χ3n) is 3.39. The monoisotopic (exact) mass is 505 g/mol. The van der Waals surface area contributed by atoms with Crippen molar-refractivity contribution in [2.75, 3.05) is 7.11 Å². The Kier molecular flexibility index (Phi) is 5.45. The molecule has 134 valence electrons. The van der Waals surface area contributed by atoms with Gasteiger partial charge in [-0.05, 0) is 46.3 Å². The van der Waals surface area contributed by atoms with Crippen molar-refractivity contribution in [3.05, 3.63) is 66.7 Å². The maximum Gasteiger partial charge on any atom is 0.363 e. The highest BCUT2D eigenvalue weighted by Gasteiger charge is 2.27. The Morgan fingerprint density at radius 3 is 2.58 bits per heavy atom. The molecule has 0 fully saturated rings. The van der Waals surface area contributed by atoms with Gasteiger partial charge in [-0.15, -0.1) is 0 Å². The van der Waals surface area contributed by atoms with Gasteiger partial charge in [0, 0.05) is 10.0 Å². The molecule has 2 aromatic carbocycles. The van der Waals surface area contributed by atoms with Gasteiger partial charge in [0.1, 0.15) is 5.75 Å². The molecule has 1 aliphatic heterocycles. The molecular weight excluding hydrogens is 499 g/mol. The van der Waals surface area contributed by atoms with Crippen LogP contribution in [0.25, 0.3) is 6.08 Å². The van der Waals surface area contributed by atoms with E-state index >= 15 is 0 Å². The Morgan fingerprint density at radius 2 is 1.88 bits per heavy atom. The molecule has 2 aromatic rings. The predicted molar refractivity (Wildman–Crippen MR) is 100 cm³/mol. The van der Waals surface area contributed by atoms with E-state index in [0.717, 1.165) is 16.6 Å². The third-order valence-corrected chi connectivity index (χ3v) is 4.75. The van der Waals surface area contributed by atoms with Crippen LogP contribution in [0.4, 0.5) is 8.78 Å². The van der Waals surface area contributed by atoms with Gasteiger partial charge in [-0.3, -0.25) is 0 Å². The molecule has 0 radical (unpaired) electrons. The van der Waals surface area contributed by atoms with Gasteiger partial charge < -0.3 is 9.47 Å². The first kappa shape index (κ1) is 19.0. The first-order chi connectivity index (χ1) is 12.3. The molecule has 3 rings (SSSR count). The lowest BCUT2D eigenvalue weighted by Crippen LogP contribution is -2.07. The smallest absolute Gasteiger partial charge is 0.363 e. The average Bonchev–Trinajstić information content (AvgIpc) is 2.91. The molecule has 26 heavy (non-hydrogen) atoms. The van der Waals surface area contributed by atoms with E-state index in [-0.39, 0.29) is 22.2 Å². The van der Waals surface area contributed by atoms with Crippen LogP contribution >= 0.6 is 43.5 Å². The van der Waals surface area contributed by atoms with Crippen LogP contribution < -0.4 is 4.74 Å². The Hall–Kier alpha value is -1.77. The number of halogens is 5. The second-order valence-electron chi connectivity index (χ2n) is 5.09. The zero-order valence-electron chi connectivity index (χ0n) is 12.9. The minimum absolute atomic E-state index is 0.0234. The summed E-state index contributed by atoms with van der Waals surface area (Å²) in [6.07, 6.45) is 1.46.